The fourth-order valence-electron chi connectivity index (χ4n) is 5.17. The van der Waals surface area contributed by atoms with Gasteiger partial charge in [0.05, 0.1) is 24.0 Å². The second-order valence-corrected chi connectivity index (χ2v) is 10.4. The van der Waals surface area contributed by atoms with Gasteiger partial charge in [0.25, 0.3) is 0 Å². The van der Waals surface area contributed by atoms with Gasteiger partial charge < -0.3 is 30.4 Å². The van der Waals surface area contributed by atoms with Gasteiger partial charge in [0.1, 0.15) is 5.82 Å². The lowest BCUT2D eigenvalue weighted by Crippen LogP contribution is -2.27. The van der Waals surface area contributed by atoms with Crippen LogP contribution >= 0.6 is 11.3 Å². The number of halogens is 1. The molecular weight excluding hydrogens is 505 g/mol. The molecule has 1 aromatic carbocycles. The fraction of sp³-hybridized carbons (Fsp3) is 0.320. The van der Waals surface area contributed by atoms with Crippen LogP contribution in [-0.4, -0.2) is 67.1 Å². The van der Waals surface area contributed by atoms with Gasteiger partial charge in [-0.2, -0.15) is 9.97 Å². The Labute approximate surface area is 221 Å². The van der Waals surface area contributed by atoms with E-state index in [1.54, 1.807) is 30.1 Å². The molecule has 0 radical (unpaired) electrons. The molecule has 194 valence electrons. The number of hydrogen-bond donors (Lipinski definition) is 4. The van der Waals surface area contributed by atoms with Crippen LogP contribution in [0.3, 0.4) is 0 Å². The molecular formula is C25H26FN11S. The highest BCUT2D eigenvalue weighted by Gasteiger charge is 2.25. The van der Waals surface area contributed by atoms with Crippen LogP contribution < -0.4 is 20.4 Å². The Balaban J connectivity index is 1.07. The van der Waals surface area contributed by atoms with Gasteiger partial charge >= 0.3 is 0 Å². The van der Waals surface area contributed by atoms with Crippen molar-refractivity contribution >= 4 is 50.8 Å². The van der Waals surface area contributed by atoms with Gasteiger partial charge in [-0.3, -0.25) is 0 Å². The number of nitrogens with one attached hydrogen (secondary N) is 4. The number of aromatic amines is 2. The van der Waals surface area contributed by atoms with E-state index in [9.17, 15) is 0 Å². The van der Waals surface area contributed by atoms with E-state index in [1.807, 2.05) is 17.6 Å². The Morgan fingerprint density at radius 2 is 1.92 bits per heavy atom. The average molecular weight is 532 g/mol. The van der Waals surface area contributed by atoms with Gasteiger partial charge in [0.15, 0.2) is 22.1 Å². The number of fused-ring (bicyclic) bond motifs is 2. The van der Waals surface area contributed by atoms with Crippen molar-refractivity contribution in [3.05, 3.63) is 59.6 Å². The molecule has 1 atom stereocenters. The van der Waals surface area contributed by atoms with Crippen molar-refractivity contribution in [1.29, 1.82) is 0 Å². The van der Waals surface area contributed by atoms with Crippen LogP contribution in [-0.2, 0) is 12.8 Å². The van der Waals surface area contributed by atoms with Crippen LogP contribution in [0.15, 0.2) is 42.4 Å². The Kier molecular flexibility index (Phi) is 5.76. The highest BCUT2D eigenvalue weighted by Crippen LogP contribution is 2.29. The van der Waals surface area contributed by atoms with E-state index in [1.165, 1.54) is 6.07 Å². The SMILES string of the molecule is Fc1cc(Nc2nc(N3CCc4nc[nH]c4CC3)c3nc[nH]c3n2)ccc1NC1CCN(c2nccs2)C1. The van der Waals surface area contributed by atoms with E-state index in [0.717, 1.165) is 67.8 Å². The van der Waals surface area contributed by atoms with Gasteiger partial charge in [-0.15, -0.1) is 11.3 Å². The average Bonchev–Trinajstić information content (AvgIpc) is 3.73. The molecule has 13 heteroatoms. The molecule has 38 heavy (non-hydrogen) atoms. The summed E-state index contributed by atoms with van der Waals surface area (Å²) in [6.07, 6.45) is 7.77. The maximum Gasteiger partial charge on any atom is 0.231 e. The highest BCUT2D eigenvalue weighted by atomic mass is 32.1. The third kappa shape index (κ3) is 4.38. The molecule has 6 heterocycles. The Morgan fingerprint density at radius 1 is 1.00 bits per heavy atom. The number of anilines is 5. The fourth-order valence-corrected chi connectivity index (χ4v) is 5.85. The Morgan fingerprint density at radius 3 is 2.82 bits per heavy atom. The van der Waals surface area contributed by atoms with Crippen LogP contribution in [0.25, 0.3) is 11.2 Å². The van der Waals surface area contributed by atoms with Crippen molar-refractivity contribution in [3.8, 4) is 0 Å². The molecule has 11 nitrogen and oxygen atoms in total. The summed E-state index contributed by atoms with van der Waals surface area (Å²) in [7, 11) is 0. The quantitative estimate of drug-likeness (QED) is 0.259. The maximum absolute atomic E-state index is 15.1. The van der Waals surface area contributed by atoms with E-state index in [2.05, 4.69) is 50.3 Å². The zero-order chi connectivity index (χ0) is 25.5. The molecule has 2 aliphatic heterocycles. The van der Waals surface area contributed by atoms with Crippen LogP contribution in [0.2, 0.25) is 0 Å². The summed E-state index contributed by atoms with van der Waals surface area (Å²) < 4.78 is 15.1. The zero-order valence-corrected chi connectivity index (χ0v) is 21.3. The smallest absolute Gasteiger partial charge is 0.231 e. The highest BCUT2D eigenvalue weighted by molar-refractivity contribution is 7.13. The van der Waals surface area contributed by atoms with Crippen LogP contribution in [0.4, 0.5) is 32.7 Å². The van der Waals surface area contributed by atoms with Gasteiger partial charge in [0.2, 0.25) is 5.95 Å². The second-order valence-electron chi connectivity index (χ2n) is 9.50. The third-order valence-corrected chi connectivity index (χ3v) is 7.91. The normalized spacial score (nSPS) is 17.6. The topological polar surface area (TPSA) is 127 Å². The first-order valence-electron chi connectivity index (χ1n) is 12.6. The molecule has 4 N–H and O–H groups in total. The number of H-pyrrole nitrogens is 2. The molecule has 0 spiro atoms. The summed E-state index contributed by atoms with van der Waals surface area (Å²) >= 11 is 1.62. The molecule has 4 aromatic heterocycles. The summed E-state index contributed by atoms with van der Waals surface area (Å²) in [5.41, 5.74) is 4.65. The van der Waals surface area contributed by atoms with Gasteiger partial charge in [-0.25, -0.2) is 19.3 Å². The Bertz CT molecular complexity index is 1540. The lowest BCUT2D eigenvalue weighted by molar-refractivity contribution is 0.627. The lowest BCUT2D eigenvalue weighted by atomic mass is 10.2. The van der Waals surface area contributed by atoms with E-state index in [0.29, 0.717) is 28.5 Å². The van der Waals surface area contributed by atoms with E-state index in [-0.39, 0.29) is 11.9 Å². The van der Waals surface area contributed by atoms with Crippen molar-refractivity contribution in [3.63, 3.8) is 0 Å². The molecule has 2 aliphatic rings. The van der Waals surface area contributed by atoms with Gasteiger partial charge in [-0.1, -0.05) is 0 Å². The standard InChI is InChI=1S/C25H26FN11S/c26-17-11-15(1-2-18(17)32-16-3-7-37(12-16)25-27-6-10-38-25)33-24-34-22-21(30-14-31-22)23(35-24)36-8-4-19-20(5-9-36)29-13-28-19/h1-2,6,10-11,13-14,16,32H,3-5,7-9,12H2,(H,28,29)(H2,30,31,33,34,35). The Hall–Kier alpha value is -4.26. The molecule has 0 bridgehead atoms. The summed E-state index contributed by atoms with van der Waals surface area (Å²) in [5.74, 6) is 0.799. The molecule has 1 fully saturated rings. The van der Waals surface area contributed by atoms with Crippen LogP contribution in [0.1, 0.15) is 17.8 Å². The third-order valence-electron chi connectivity index (χ3n) is 7.08. The number of benzene rings is 1. The number of rotatable bonds is 6. The first-order chi connectivity index (χ1) is 18.7. The van der Waals surface area contributed by atoms with Crippen molar-refractivity contribution in [2.75, 3.05) is 46.6 Å². The molecule has 5 aromatic rings. The van der Waals surface area contributed by atoms with E-state index >= 15 is 4.39 Å². The minimum Gasteiger partial charge on any atom is -0.378 e. The first kappa shape index (κ1) is 22.9. The lowest BCUT2D eigenvalue weighted by Gasteiger charge is -2.22. The molecule has 0 amide bonds. The van der Waals surface area contributed by atoms with E-state index in [4.69, 9.17) is 4.98 Å². The van der Waals surface area contributed by atoms with Gasteiger partial charge in [-0.05, 0) is 24.6 Å². The number of hydrogen-bond acceptors (Lipinski definition) is 10. The van der Waals surface area contributed by atoms with Crippen LogP contribution in [0.5, 0.6) is 0 Å². The maximum atomic E-state index is 15.1. The molecule has 1 unspecified atom stereocenters. The predicted molar refractivity (Wildman–Crippen MR) is 146 cm³/mol. The minimum absolute atomic E-state index is 0.159. The number of imidazole rings is 2. The largest absolute Gasteiger partial charge is 0.378 e. The number of nitrogens with zero attached hydrogens (tertiary/aromatic N) is 7. The molecule has 1 saturated heterocycles. The van der Waals surface area contributed by atoms with Crippen molar-refractivity contribution in [1.82, 2.24) is 34.9 Å². The van der Waals surface area contributed by atoms with Crippen molar-refractivity contribution in [2.45, 2.75) is 25.3 Å². The summed E-state index contributed by atoms with van der Waals surface area (Å²) in [4.78, 5) is 33.4. The van der Waals surface area contributed by atoms with Crippen molar-refractivity contribution < 1.29 is 4.39 Å². The zero-order valence-electron chi connectivity index (χ0n) is 20.5. The minimum atomic E-state index is -0.327. The second kappa shape index (κ2) is 9.56. The number of thiazole rings is 1. The molecule has 0 aliphatic carbocycles. The monoisotopic (exact) mass is 531 g/mol. The summed E-state index contributed by atoms with van der Waals surface area (Å²) in [6, 6.07) is 5.23. The van der Waals surface area contributed by atoms with Crippen molar-refractivity contribution in [2.24, 2.45) is 0 Å². The summed E-state index contributed by atoms with van der Waals surface area (Å²) in [5, 5.41) is 9.51. The predicted octanol–water partition coefficient (Wildman–Crippen LogP) is 3.71. The molecule has 7 rings (SSSR count). The van der Waals surface area contributed by atoms with Crippen LogP contribution in [0, 0.1) is 5.82 Å². The van der Waals surface area contributed by atoms with Gasteiger partial charge in [0, 0.05) is 68.0 Å². The first-order valence-corrected chi connectivity index (χ1v) is 13.5. The summed E-state index contributed by atoms with van der Waals surface area (Å²) in [6.45, 7) is 3.25. The molecule has 0 saturated carbocycles. The number of aromatic nitrogens is 7. The van der Waals surface area contributed by atoms with E-state index < -0.39 is 0 Å².